The van der Waals surface area contributed by atoms with Crippen LogP contribution in [0.25, 0.3) is 0 Å². The summed E-state index contributed by atoms with van der Waals surface area (Å²) in [6.45, 7) is 0. The Hall–Kier alpha value is -1.63. The van der Waals surface area contributed by atoms with E-state index in [9.17, 15) is 8.42 Å². The van der Waals surface area contributed by atoms with E-state index >= 15 is 0 Å². The molecule has 0 radical (unpaired) electrons. The molecule has 7 heteroatoms. The minimum Gasteiger partial charge on any atom is -0.389 e. The molecule has 104 valence electrons. The average molecular weight is 327 g/mol. The molecule has 0 aromatic heterocycles. The number of rotatable bonds is 4. The summed E-state index contributed by atoms with van der Waals surface area (Å²) in [5.41, 5.74) is 6.40. The molecule has 0 fully saturated rings. The Balaban J connectivity index is 2.35. The molecule has 2 aromatic rings. The summed E-state index contributed by atoms with van der Waals surface area (Å²) in [6, 6.07) is 12.8. The molecule has 4 nitrogen and oxygen atoms in total. The predicted molar refractivity (Wildman–Crippen MR) is 84.6 cm³/mol. The van der Waals surface area contributed by atoms with Crippen LogP contribution in [0.3, 0.4) is 0 Å². The van der Waals surface area contributed by atoms with E-state index in [4.69, 9.17) is 29.6 Å². The number of sulfonamides is 1. The van der Waals surface area contributed by atoms with Crippen LogP contribution in [0.4, 0.5) is 5.69 Å². The Labute approximate surface area is 127 Å². The minimum atomic E-state index is -3.70. The summed E-state index contributed by atoms with van der Waals surface area (Å²) in [4.78, 5) is 0.168. The Morgan fingerprint density at radius 1 is 1.15 bits per heavy atom. The summed E-state index contributed by atoms with van der Waals surface area (Å²) >= 11 is 10.8. The Kier molecular flexibility index (Phi) is 4.27. The number of hydrogen-bond acceptors (Lipinski definition) is 3. The summed E-state index contributed by atoms with van der Waals surface area (Å²) in [7, 11) is -3.70. The molecule has 0 spiro atoms. The molecule has 20 heavy (non-hydrogen) atoms. The lowest BCUT2D eigenvalue weighted by Gasteiger charge is -2.09. The first kappa shape index (κ1) is 14.8. The first-order chi connectivity index (χ1) is 9.40. The van der Waals surface area contributed by atoms with Crippen molar-refractivity contribution < 1.29 is 8.42 Å². The van der Waals surface area contributed by atoms with Gasteiger partial charge in [-0.1, -0.05) is 42.0 Å². The molecule has 0 aliphatic heterocycles. The zero-order chi connectivity index (χ0) is 14.8. The molecule has 0 heterocycles. The molecule has 2 rings (SSSR count). The van der Waals surface area contributed by atoms with Gasteiger partial charge < -0.3 is 5.73 Å². The molecular formula is C13H11ClN2O2S2. The smallest absolute Gasteiger partial charge is 0.261 e. The van der Waals surface area contributed by atoms with Gasteiger partial charge in [-0.05, 0) is 30.3 Å². The second kappa shape index (κ2) is 5.78. The van der Waals surface area contributed by atoms with Crippen LogP contribution in [-0.2, 0) is 10.0 Å². The van der Waals surface area contributed by atoms with Gasteiger partial charge in [0.15, 0.2) is 0 Å². The topological polar surface area (TPSA) is 72.2 Å². The maximum absolute atomic E-state index is 12.2. The number of hydrogen-bond donors (Lipinski definition) is 2. The number of nitrogens with one attached hydrogen (secondary N) is 1. The lowest BCUT2D eigenvalue weighted by atomic mass is 10.2. The molecule has 0 saturated heterocycles. The van der Waals surface area contributed by atoms with Crippen LogP contribution in [0.5, 0.6) is 0 Å². The van der Waals surface area contributed by atoms with E-state index in [-0.39, 0.29) is 14.9 Å². The van der Waals surface area contributed by atoms with Crippen molar-refractivity contribution in [2.45, 2.75) is 4.90 Å². The van der Waals surface area contributed by atoms with Crippen molar-refractivity contribution in [2.24, 2.45) is 5.73 Å². The van der Waals surface area contributed by atoms with Gasteiger partial charge >= 0.3 is 0 Å². The van der Waals surface area contributed by atoms with Gasteiger partial charge in [0.1, 0.15) is 4.99 Å². The van der Waals surface area contributed by atoms with Crippen molar-refractivity contribution in [3.8, 4) is 0 Å². The fraction of sp³-hybridized carbons (Fsp3) is 0. The highest BCUT2D eigenvalue weighted by Crippen LogP contribution is 2.22. The highest BCUT2D eigenvalue weighted by atomic mass is 35.5. The maximum Gasteiger partial charge on any atom is 0.261 e. The number of thiocarbonyl (C=S) groups is 1. The van der Waals surface area contributed by atoms with Gasteiger partial charge in [0.05, 0.1) is 9.92 Å². The highest BCUT2D eigenvalue weighted by Gasteiger charge is 2.16. The van der Waals surface area contributed by atoms with E-state index in [1.54, 1.807) is 30.3 Å². The molecule has 0 bridgehead atoms. The molecule has 0 saturated carbocycles. The Bertz CT molecular complexity index is 746. The zero-order valence-corrected chi connectivity index (χ0v) is 12.6. The molecule has 0 aliphatic rings. The first-order valence-corrected chi connectivity index (χ1v) is 7.84. The van der Waals surface area contributed by atoms with Gasteiger partial charge in [-0.3, -0.25) is 4.72 Å². The van der Waals surface area contributed by atoms with Crippen LogP contribution >= 0.6 is 23.8 Å². The van der Waals surface area contributed by atoms with E-state index < -0.39 is 10.0 Å². The van der Waals surface area contributed by atoms with Crippen molar-refractivity contribution >= 4 is 44.5 Å². The standard InChI is InChI=1S/C13H11ClN2O2S2/c14-12-8-10(6-7-11(12)13(15)19)20(17,18)16-9-4-2-1-3-5-9/h1-8,16H,(H2,15,19). The highest BCUT2D eigenvalue weighted by molar-refractivity contribution is 7.92. The largest absolute Gasteiger partial charge is 0.389 e. The van der Waals surface area contributed by atoms with Crippen molar-refractivity contribution in [2.75, 3.05) is 4.72 Å². The molecule has 3 N–H and O–H groups in total. The van der Waals surface area contributed by atoms with Crippen LogP contribution in [-0.4, -0.2) is 13.4 Å². The van der Waals surface area contributed by atoms with Gasteiger partial charge in [-0.2, -0.15) is 0 Å². The van der Waals surface area contributed by atoms with Crippen LogP contribution in [0, 0.1) is 0 Å². The average Bonchev–Trinajstić information content (AvgIpc) is 2.38. The van der Waals surface area contributed by atoms with E-state index in [0.717, 1.165) is 0 Å². The number of nitrogens with two attached hydrogens (primary N) is 1. The third-order valence-corrected chi connectivity index (χ3v) is 4.45. The molecule has 0 amide bonds. The molecule has 0 unspecified atom stereocenters. The van der Waals surface area contributed by atoms with Gasteiger partial charge in [-0.15, -0.1) is 0 Å². The third kappa shape index (κ3) is 3.27. The van der Waals surface area contributed by atoms with Crippen LogP contribution in [0.15, 0.2) is 53.4 Å². The third-order valence-electron chi connectivity index (χ3n) is 2.54. The summed E-state index contributed by atoms with van der Waals surface area (Å²) in [6.07, 6.45) is 0. The monoisotopic (exact) mass is 326 g/mol. The fourth-order valence-corrected chi connectivity index (χ4v) is 3.25. The quantitative estimate of drug-likeness (QED) is 0.847. The van der Waals surface area contributed by atoms with Crippen LogP contribution in [0.2, 0.25) is 5.02 Å². The van der Waals surface area contributed by atoms with E-state index in [2.05, 4.69) is 4.72 Å². The Morgan fingerprint density at radius 3 is 2.35 bits per heavy atom. The van der Waals surface area contributed by atoms with E-state index in [1.165, 1.54) is 18.2 Å². The number of anilines is 1. The van der Waals surface area contributed by atoms with Crippen LogP contribution < -0.4 is 10.5 Å². The molecule has 0 aliphatic carbocycles. The summed E-state index contributed by atoms with van der Waals surface area (Å²) in [5.74, 6) is 0. The van der Waals surface area contributed by atoms with Crippen molar-refractivity contribution in [1.29, 1.82) is 0 Å². The lowest BCUT2D eigenvalue weighted by Crippen LogP contribution is -2.14. The normalized spacial score (nSPS) is 11.1. The first-order valence-electron chi connectivity index (χ1n) is 5.57. The second-order valence-corrected chi connectivity index (χ2v) is 6.51. The predicted octanol–water partition coefficient (Wildman–Crippen LogP) is 2.78. The lowest BCUT2D eigenvalue weighted by molar-refractivity contribution is 0.601. The van der Waals surface area contributed by atoms with Gasteiger partial charge in [-0.25, -0.2) is 8.42 Å². The van der Waals surface area contributed by atoms with Crippen molar-refractivity contribution in [3.05, 3.63) is 59.1 Å². The second-order valence-electron chi connectivity index (χ2n) is 3.98. The number of benzene rings is 2. The van der Waals surface area contributed by atoms with Crippen LogP contribution in [0.1, 0.15) is 5.56 Å². The van der Waals surface area contributed by atoms with Gasteiger partial charge in [0.25, 0.3) is 10.0 Å². The number of halogens is 1. The van der Waals surface area contributed by atoms with Gasteiger partial charge in [0.2, 0.25) is 0 Å². The molecule has 0 atom stereocenters. The fourth-order valence-electron chi connectivity index (χ4n) is 1.58. The SMILES string of the molecule is NC(=S)c1ccc(S(=O)(=O)Nc2ccccc2)cc1Cl. The summed E-state index contributed by atoms with van der Waals surface area (Å²) in [5, 5.41) is 0.202. The molecule has 2 aromatic carbocycles. The molecular weight excluding hydrogens is 316 g/mol. The van der Waals surface area contributed by atoms with Crippen molar-refractivity contribution in [3.63, 3.8) is 0 Å². The Morgan fingerprint density at radius 2 is 1.80 bits per heavy atom. The van der Waals surface area contributed by atoms with E-state index in [0.29, 0.717) is 11.3 Å². The van der Waals surface area contributed by atoms with E-state index in [1.807, 2.05) is 0 Å². The minimum absolute atomic E-state index is 0.0475. The summed E-state index contributed by atoms with van der Waals surface area (Å²) < 4.78 is 26.9. The number of para-hydroxylation sites is 1. The van der Waals surface area contributed by atoms with Crippen molar-refractivity contribution in [1.82, 2.24) is 0 Å². The zero-order valence-electron chi connectivity index (χ0n) is 10.2. The van der Waals surface area contributed by atoms with Gasteiger partial charge in [0, 0.05) is 11.3 Å². The maximum atomic E-state index is 12.2.